The number of benzene rings is 1. The molecule has 1 N–H and O–H groups in total. The van der Waals surface area contributed by atoms with Crippen LogP contribution in [-0.4, -0.2) is 34.9 Å². The lowest BCUT2D eigenvalue weighted by atomic mass is 10.0. The quantitative estimate of drug-likeness (QED) is 0.765. The second-order valence-corrected chi connectivity index (χ2v) is 7.39. The van der Waals surface area contributed by atoms with Gasteiger partial charge < -0.3 is 9.73 Å². The number of nitrogens with one attached hydrogen (secondary N) is 1. The van der Waals surface area contributed by atoms with Crippen LogP contribution in [-0.2, 0) is 6.54 Å². The number of furan rings is 1. The van der Waals surface area contributed by atoms with Crippen LogP contribution in [0.15, 0.2) is 47.1 Å². The third-order valence-corrected chi connectivity index (χ3v) is 5.45. The van der Waals surface area contributed by atoms with Crippen LogP contribution in [0.2, 0.25) is 0 Å². The normalized spacial score (nSPS) is 15.9. The van der Waals surface area contributed by atoms with Crippen LogP contribution in [0.25, 0.3) is 11.0 Å². The summed E-state index contributed by atoms with van der Waals surface area (Å²) in [4.78, 5) is 19.3. The van der Waals surface area contributed by atoms with E-state index < -0.39 is 0 Å². The molecule has 4 rings (SSSR count). The van der Waals surface area contributed by atoms with Crippen molar-refractivity contribution in [2.24, 2.45) is 0 Å². The maximum atomic E-state index is 12.8. The summed E-state index contributed by atoms with van der Waals surface area (Å²) >= 11 is 0. The molecule has 27 heavy (non-hydrogen) atoms. The zero-order chi connectivity index (χ0) is 18.8. The minimum Gasteiger partial charge on any atom is -0.450 e. The van der Waals surface area contributed by atoms with Gasteiger partial charge in [-0.1, -0.05) is 18.2 Å². The lowest BCUT2D eigenvalue weighted by molar-refractivity contribution is 0.0882. The number of nitrogens with zero attached hydrogens (tertiary/aromatic N) is 2. The first-order chi connectivity index (χ1) is 13.1. The number of likely N-dealkylation sites (tertiary alicyclic amines) is 1. The van der Waals surface area contributed by atoms with Crippen LogP contribution in [0.5, 0.6) is 0 Å². The minimum absolute atomic E-state index is 0.101. The van der Waals surface area contributed by atoms with E-state index in [9.17, 15) is 4.79 Å². The summed E-state index contributed by atoms with van der Waals surface area (Å²) in [6, 6.07) is 10.3. The number of fused-ring (bicyclic) bond motifs is 1. The highest BCUT2D eigenvalue weighted by Gasteiger charge is 2.24. The summed E-state index contributed by atoms with van der Waals surface area (Å²) in [5, 5.41) is 4.19. The molecule has 0 spiro atoms. The van der Waals surface area contributed by atoms with Gasteiger partial charge in [0.05, 0.1) is 0 Å². The molecule has 1 aromatic carbocycles. The van der Waals surface area contributed by atoms with Crippen molar-refractivity contribution < 1.29 is 9.21 Å². The van der Waals surface area contributed by atoms with Gasteiger partial charge in [-0.05, 0) is 49.9 Å². The number of pyridine rings is 1. The molecule has 2 aromatic heterocycles. The second kappa shape index (κ2) is 7.53. The smallest absolute Gasteiger partial charge is 0.287 e. The van der Waals surface area contributed by atoms with Crippen molar-refractivity contribution >= 4 is 16.9 Å². The van der Waals surface area contributed by atoms with Gasteiger partial charge in [0.25, 0.3) is 5.91 Å². The Hall–Kier alpha value is -2.66. The number of piperidine rings is 1. The molecule has 1 aliphatic rings. The van der Waals surface area contributed by atoms with Gasteiger partial charge in [0, 0.05) is 49.0 Å². The van der Waals surface area contributed by atoms with Gasteiger partial charge in [0.2, 0.25) is 0 Å². The Morgan fingerprint density at radius 1 is 1.19 bits per heavy atom. The lowest BCUT2D eigenvalue weighted by Gasteiger charge is -2.32. The highest BCUT2D eigenvalue weighted by molar-refractivity contribution is 5.99. The van der Waals surface area contributed by atoms with Gasteiger partial charge in [-0.3, -0.25) is 14.7 Å². The average Bonchev–Trinajstić information content (AvgIpc) is 3.03. The molecule has 3 heterocycles. The zero-order valence-electron chi connectivity index (χ0n) is 15.9. The molecule has 1 saturated heterocycles. The van der Waals surface area contributed by atoms with E-state index in [1.807, 2.05) is 44.4 Å². The van der Waals surface area contributed by atoms with E-state index in [0.29, 0.717) is 5.76 Å². The predicted octanol–water partition coefficient (Wildman–Crippen LogP) is 3.84. The molecular weight excluding hydrogens is 338 g/mol. The molecular formula is C22H25N3O2. The monoisotopic (exact) mass is 363 g/mol. The molecule has 1 amide bonds. The van der Waals surface area contributed by atoms with Gasteiger partial charge in [-0.15, -0.1) is 0 Å². The number of para-hydroxylation sites is 1. The molecule has 0 radical (unpaired) electrons. The first-order valence-corrected chi connectivity index (χ1v) is 9.52. The lowest BCUT2D eigenvalue weighted by Crippen LogP contribution is -2.44. The van der Waals surface area contributed by atoms with Crippen molar-refractivity contribution in [3.63, 3.8) is 0 Å². The number of carbonyl (C=O) groups excluding carboxylic acids is 1. The number of hydrogen-bond donors (Lipinski definition) is 1. The van der Waals surface area contributed by atoms with Crippen molar-refractivity contribution in [2.75, 3.05) is 13.1 Å². The summed E-state index contributed by atoms with van der Waals surface area (Å²) < 4.78 is 5.90. The summed E-state index contributed by atoms with van der Waals surface area (Å²) in [6.07, 6.45) is 5.57. The number of aromatic nitrogens is 1. The van der Waals surface area contributed by atoms with Gasteiger partial charge in [0.1, 0.15) is 5.58 Å². The van der Waals surface area contributed by atoms with E-state index in [-0.39, 0.29) is 11.9 Å². The molecule has 0 saturated carbocycles. The number of carbonyl (C=O) groups is 1. The van der Waals surface area contributed by atoms with E-state index in [1.165, 1.54) is 5.56 Å². The maximum Gasteiger partial charge on any atom is 0.287 e. The van der Waals surface area contributed by atoms with Gasteiger partial charge >= 0.3 is 0 Å². The highest BCUT2D eigenvalue weighted by atomic mass is 16.3. The standard InChI is InChI=1S/C22H25N3O2/c1-15-4-3-5-19-16(2)21(27-20(15)19)22(26)24-18-8-12-25(13-9-18)14-17-6-10-23-11-7-17/h3-7,10-11,18H,8-9,12-14H2,1-2H3,(H,24,26). The van der Waals surface area contributed by atoms with Crippen LogP contribution in [0.4, 0.5) is 0 Å². The Kier molecular flexibility index (Phi) is 4.94. The van der Waals surface area contributed by atoms with Gasteiger partial charge in [0.15, 0.2) is 5.76 Å². The fourth-order valence-corrected chi connectivity index (χ4v) is 3.83. The molecule has 140 valence electrons. The molecule has 0 atom stereocenters. The van der Waals surface area contributed by atoms with Crippen LogP contribution in [0.1, 0.15) is 40.1 Å². The SMILES string of the molecule is Cc1c(C(=O)NC2CCN(Cc3ccncc3)CC2)oc2c(C)cccc12. The number of hydrogen-bond acceptors (Lipinski definition) is 4. The molecule has 0 bridgehead atoms. The summed E-state index contributed by atoms with van der Waals surface area (Å²) in [6.45, 7) is 6.85. The number of rotatable bonds is 4. The van der Waals surface area contributed by atoms with Crippen LogP contribution >= 0.6 is 0 Å². The first-order valence-electron chi connectivity index (χ1n) is 9.52. The van der Waals surface area contributed by atoms with Crippen LogP contribution < -0.4 is 5.32 Å². The number of amides is 1. The van der Waals surface area contributed by atoms with Crippen molar-refractivity contribution in [1.29, 1.82) is 0 Å². The minimum atomic E-state index is -0.101. The summed E-state index contributed by atoms with van der Waals surface area (Å²) in [5.74, 6) is 0.342. The Labute approximate surface area is 159 Å². The van der Waals surface area contributed by atoms with Crippen molar-refractivity contribution in [3.8, 4) is 0 Å². The molecule has 5 heteroatoms. The summed E-state index contributed by atoms with van der Waals surface area (Å²) in [5.41, 5.74) is 4.06. The van der Waals surface area contributed by atoms with E-state index in [2.05, 4.69) is 27.3 Å². The molecule has 0 aliphatic carbocycles. The van der Waals surface area contributed by atoms with Gasteiger partial charge in [-0.2, -0.15) is 0 Å². The zero-order valence-corrected chi connectivity index (χ0v) is 15.9. The Morgan fingerprint density at radius 2 is 1.93 bits per heavy atom. The Morgan fingerprint density at radius 3 is 2.63 bits per heavy atom. The van der Waals surface area contributed by atoms with E-state index in [4.69, 9.17) is 4.42 Å². The van der Waals surface area contributed by atoms with Crippen molar-refractivity contribution in [1.82, 2.24) is 15.2 Å². The van der Waals surface area contributed by atoms with Gasteiger partial charge in [-0.25, -0.2) is 0 Å². The van der Waals surface area contributed by atoms with Crippen molar-refractivity contribution in [3.05, 3.63) is 65.2 Å². The molecule has 1 fully saturated rings. The topological polar surface area (TPSA) is 58.4 Å². The second-order valence-electron chi connectivity index (χ2n) is 7.39. The largest absolute Gasteiger partial charge is 0.450 e. The first kappa shape index (κ1) is 17.7. The van der Waals surface area contributed by atoms with Crippen LogP contribution in [0.3, 0.4) is 0 Å². The van der Waals surface area contributed by atoms with E-state index in [0.717, 1.165) is 54.6 Å². The van der Waals surface area contributed by atoms with Crippen LogP contribution in [0, 0.1) is 13.8 Å². The third kappa shape index (κ3) is 3.74. The highest BCUT2D eigenvalue weighted by Crippen LogP contribution is 2.28. The molecule has 5 nitrogen and oxygen atoms in total. The Bertz CT molecular complexity index is 941. The van der Waals surface area contributed by atoms with E-state index >= 15 is 0 Å². The molecule has 1 aliphatic heterocycles. The number of aryl methyl sites for hydroxylation is 2. The Balaban J connectivity index is 1.37. The van der Waals surface area contributed by atoms with Crippen molar-refractivity contribution in [2.45, 2.75) is 39.3 Å². The maximum absolute atomic E-state index is 12.8. The molecule has 3 aromatic rings. The predicted molar refractivity (Wildman–Crippen MR) is 106 cm³/mol. The average molecular weight is 363 g/mol. The molecule has 0 unspecified atom stereocenters. The fourth-order valence-electron chi connectivity index (χ4n) is 3.83. The van der Waals surface area contributed by atoms with E-state index in [1.54, 1.807) is 0 Å². The fraction of sp³-hybridized carbons (Fsp3) is 0.364. The third-order valence-electron chi connectivity index (χ3n) is 5.45. The summed E-state index contributed by atoms with van der Waals surface area (Å²) in [7, 11) is 0.